The number of thiophene rings is 1. The molecule has 23 heavy (non-hydrogen) atoms. The van der Waals surface area contributed by atoms with Crippen LogP contribution in [0.2, 0.25) is 0 Å². The molecule has 2 heterocycles. The molecule has 1 aliphatic rings. The average Bonchev–Trinajstić information content (AvgIpc) is 2.97. The van der Waals surface area contributed by atoms with Crippen molar-refractivity contribution in [3.63, 3.8) is 0 Å². The van der Waals surface area contributed by atoms with Gasteiger partial charge >= 0.3 is 0 Å². The monoisotopic (exact) mass is 354 g/mol. The van der Waals surface area contributed by atoms with Gasteiger partial charge in [0.25, 0.3) is 15.9 Å². The van der Waals surface area contributed by atoms with Crippen LogP contribution in [-0.2, 0) is 14.8 Å². The maximum absolute atomic E-state index is 12.9. The number of hydrogen-bond acceptors (Lipinski definition) is 5. The standard InChI is InChI=1S/C14H11FN2O4S2/c1-17-10-6-7-22-12(10)11(18)13(23(17,20)21)14(19)16-9-4-2-8(15)3-5-9/h2-7,13H,1H3,(H,16,19). The molecule has 1 atom stereocenters. The Balaban J connectivity index is 1.96. The summed E-state index contributed by atoms with van der Waals surface area (Å²) in [5, 5.41) is 2.08. The first-order valence-corrected chi connectivity index (χ1v) is 8.86. The third-order valence-electron chi connectivity index (χ3n) is 3.48. The fraction of sp³-hybridized carbons (Fsp3) is 0.143. The Kier molecular flexibility index (Phi) is 3.69. The summed E-state index contributed by atoms with van der Waals surface area (Å²) in [6.45, 7) is 0. The highest BCUT2D eigenvalue weighted by molar-refractivity contribution is 7.95. The maximum atomic E-state index is 12.9. The molecule has 1 aliphatic heterocycles. The van der Waals surface area contributed by atoms with Gasteiger partial charge in [0.15, 0.2) is 0 Å². The van der Waals surface area contributed by atoms with Crippen LogP contribution in [0.25, 0.3) is 0 Å². The molecule has 1 aromatic carbocycles. The second-order valence-electron chi connectivity index (χ2n) is 4.89. The molecule has 0 saturated carbocycles. The number of halogens is 1. The van der Waals surface area contributed by atoms with E-state index < -0.39 is 32.8 Å². The van der Waals surface area contributed by atoms with E-state index in [2.05, 4.69) is 5.32 Å². The number of anilines is 2. The lowest BCUT2D eigenvalue weighted by molar-refractivity contribution is -0.115. The topological polar surface area (TPSA) is 83.6 Å². The van der Waals surface area contributed by atoms with Gasteiger partial charge in [0.2, 0.25) is 11.0 Å². The van der Waals surface area contributed by atoms with Crippen LogP contribution in [0.15, 0.2) is 35.7 Å². The van der Waals surface area contributed by atoms with Crippen molar-refractivity contribution in [2.75, 3.05) is 16.7 Å². The van der Waals surface area contributed by atoms with E-state index in [0.29, 0.717) is 0 Å². The predicted octanol–water partition coefficient (Wildman–Crippen LogP) is 1.86. The number of hydrogen-bond donors (Lipinski definition) is 1. The Morgan fingerprint density at radius 2 is 1.91 bits per heavy atom. The van der Waals surface area contributed by atoms with E-state index in [9.17, 15) is 22.4 Å². The Morgan fingerprint density at radius 3 is 2.57 bits per heavy atom. The largest absolute Gasteiger partial charge is 0.324 e. The average molecular weight is 354 g/mol. The van der Waals surface area contributed by atoms with E-state index in [1.54, 1.807) is 5.38 Å². The highest BCUT2D eigenvalue weighted by atomic mass is 32.2. The molecule has 0 saturated heterocycles. The first kappa shape index (κ1) is 15.6. The summed E-state index contributed by atoms with van der Waals surface area (Å²) in [5.74, 6) is -2.22. The number of amides is 1. The summed E-state index contributed by atoms with van der Waals surface area (Å²) in [5.41, 5.74) is 0.477. The number of benzene rings is 1. The minimum Gasteiger partial charge on any atom is -0.324 e. The highest BCUT2D eigenvalue weighted by Crippen LogP contribution is 2.35. The number of rotatable bonds is 2. The molecule has 1 amide bonds. The third kappa shape index (κ3) is 2.51. The second-order valence-corrected chi connectivity index (χ2v) is 7.85. The van der Waals surface area contributed by atoms with Gasteiger partial charge in [-0.2, -0.15) is 0 Å². The molecule has 6 nitrogen and oxygen atoms in total. The van der Waals surface area contributed by atoms with Gasteiger partial charge in [0.1, 0.15) is 5.82 Å². The van der Waals surface area contributed by atoms with E-state index in [1.165, 1.54) is 25.2 Å². The van der Waals surface area contributed by atoms with E-state index in [0.717, 1.165) is 27.8 Å². The summed E-state index contributed by atoms with van der Waals surface area (Å²) in [6.07, 6.45) is 0. The summed E-state index contributed by atoms with van der Waals surface area (Å²) < 4.78 is 38.7. The normalized spacial score (nSPS) is 19.3. The van der Waals surface area contributed by atoms with Crippen molar-refractivity contribution in [3.8, 4) is 0 Å². The van der Waals surface area contributed by atoms with Crippen molar-refractivity contribution in [1.29, 1.82) is 0 Å². The van der Waals surface area contributed by atoms with Crippen LogP contribution in [0.1, 0.15) is 9.67 Å². The number of ketones is 1. The zero-order valence-electron chi connectivity index (χ0n) is 11.8. The van der Waals surface area contributed by atoms with E-state index >= 15 is 0 Å². The van der Waals surface area contributed by atoms with Crippen molar-refractivity contribution in [3.05, 3.63) is 46.4 Å². The van der Waals surface area contributed by atoms with Crippen molar-refractivity contribution >= 4 is 44.4 Å². The maximum Gasteiger partial charge on any atom is 0.254 e. The Bertz CT molecular complexity index is 890. The molecule has 0 fully saturated rings. The first-order valence-electron chi connectivity index (χ1n) is 6.48. The minimum absolute atomic E-state index is 0.207. The van der Waals surface area contributed by atoms with Crippen LogP contribution in [0.5, 0.6) is 0 Å². The molecule has 9 heteroatoms. The van der Waals surface area contributed by atoms with Gasteiger partial charge in [-0.1, -0.05) is 0 Å². The van der Waals surface area contributed by atoms with Crippen LogP contribution in [0.3, 0.4) is 0 Å². The van der Waals surface area contributed by atoms with Crippen molar-refractivity contribution in [2.24, 2.45) is 0 Å². The van der Waals surface area contributed by atoms with Crippen molar-refractivity contribution in [2.45, 2.75) is 5.25 Å². The lowest BCUT2D eigenvalue weighted by Gasteiger charge is -2.29. The number of Topliss-reactive ketones (excluding diaryl/α,β-unsaturated/α-hetero) is 1. The molecular weight excluding hydrogens is 343 g/mol. The Morgan fingerprint density at radius 1 is 1.26 bits per heavy atom. The lowest BCUT2D eigenvalue weighted by Crippen LogP contribution is -2.51. The highest BCUT2D eigenvalue weighted by Gasteiger charge is 2.48. The third-order valence-corrected chi connectivity index (χ3v) is 6.38. The van der Waals surface area contributed by atoms with Crippen molar-refractivity contribution < 1.29 is 22.4 Å². The number of carbonyl (C=O) groups excluding carboxylic acids is 2. The molecule has 0 bridgehead atoms. The minimum atomic E-state index is -4.16. The van der Waals surface area contributed by atoms with Gasteiger partial charge in [0.05, 0.1) is 10.6 Å². The zero-order valence-corrected chi connectivity index (χ0v) is 13.4. The lowest BCUT2D eigenvalue weighted by atomic mass is 10.2. The summed E-state index contributed by atoms with van der Waals surface area (Å²) >= 11 is 1.08. The number of nitrogens with one attached hydrogen (secondary N) is 1. The summed E-state index contributed by atoms with van der Waals surface area (Å²) in [4.78, 5) is 25.0. The molecule has 1 N–H and O–H groups in total. The smallest absolute Gasteiger partial charge is 0.254 e. The van der Waals surface area contributed by atoms with Crippen LogP contribution in [0, 0.1) is 5.82 Å². The van der Waals surface area contributed by atoms with Gasteiger partial charge in [-0.25, -0.2) is 12.8 Å². The van der Waals surface area contributed by atoms with E-state index in [4.69, 9.17) is 0 Å². The molecular formula is C14H11FN2O4S2. The molecule has 1 unspecified atom stereocenters. The van der Waals surface area contributed by atoms with E-state index in [1.807, 2.05) is 0 Å². The first-order chi connectivity index (χ1) is 10.8. The van der Waals surface area contributed by atoms with Crippen LogP contribution in [-0.4, -0.2) is 32.4 Å². The fourth-order valence-corrected chi connectivity index (χ4v) is 4.77. The second kappa shape index (κ2) is 5.43. The molecule has 0 spiro atoms. The number of carbonyl (C=O) groups is 2. The molecule has 1 aromatic heterocycles. The number of nitrogens with zero attached hydrogens (tertiary/aromatic N) is 1. The van der Waals surface area contributed by atoms with Crippen LogP contribution >= 0.6 is 11.3 Å². The van der Waals surface area contributed by atoms with Gasteiger partial charge in [-0.3, -0.25) is 13.9 Å². The molecule has 0 radical (unpaired) electrons. The summed E-state index contributed by atoms with van der Waals surface area (Å²) in [7, 11) is -2.86. The van der Waals surface area contributed by atoms with Gasteiger partial charge in [0, 0.05) is 12.7 Å². The Hall–Kier alpha value is -2.26. The van der Waals surface area contributed by atoms with Crippen LogP contribution < -0.4 is 9.62 Å². The quantitative estimate of drug-likeness (QED) is 0.835. The summed E-state index contributed by atoms with van der Waals surface area (Å²) in [6, 6.07) is 6.33. The van der Waals surface area contributed by atoms with E-state index in [-0.39, 0.29) is 16.3 Å². The Labute approximate surface area is 135 Å². The molecule has 3 rings (SSSR count). The van der Waals surface area contributed by atoms with Crippen molar-refractivity contribution in [1.82, 2.24) is 0 Å². The molecule has 2 aromatic rings. The number of sulfonamides is 1. The van der Waals surface area contributed by atoms with Gasteiger partial charge in [-0.05, 0) is 35.7 Å². The predicted molar refractivity (Wildman–Crippen MR) is 84.8 cm³/mol. The van der Waals surface area contributed by atoms with Gasteiger partial charge in [-0.15, -0.1) is 11.3 Å². The molecule has 120 valence electrons. The zero-order chi connectivity index (χ0) is 16.8. The van der Waals surface area contributed by atoms with Gasteiger partial charge < -0.3 is 5.32 Å². The fourth-order valence-electron chi connectivity index (χ4n) is 2.28. The number of fused-ring (bicyclic) bond motifs is 1. The molecule has 0 aliphatic carbocycles. The van der Waals surface area contributed by atoms with Crippen LogP contribution in [0.4, 0.5) is 15.8 Å². The SMILES string of the molecule is CN1c2ccsc2C(=O)C(C(=O)Nc2ccc(F)cc2)S1(=O)=O.